The van der Waals surface area contributed by atoms with Crippen LogP contribution >= 0.6 is 11.3 Å². The Morgan fingerprint density at radius 3 is 3.14 bits per heavy atom. The van der Waals surface area contributed by atoms with Crippen LogP contribution < -0.4 is 10.5 Å². The van der Waals surface area contributed by atoms with Crippen molar-refractivity contribution >= 4 is 26.7 Å². The Balaban J connectivity index is 1.75. The number of hydrogen-bond acceptors (Lipinski definition) is 5. The molecule has 0 aliphatic carbocycles. The molecule has 1 aliphatic heterocycles. The van der Waals surface area contributed by atoms with Gasteiger partial charge in [-0.2, -0.15) is 0 Å². The summed E-state index contributed by atoms with van der Waals surface area (Å²) in [4.78, 5) is 25.8. The van der Waals surface area contributed by atoms with Crippen molar-refractivity contribution in [2.24, 2.45) is 0 Å². The Labute approximate surface area is 125 Å². The maximum absolute atomic E-state index is 11.9. The van der Waals surface area contributed by atoms with Crippen LogP contribution in [0.4, 0.5) is 5.13 Å². The SMILES string of the molecule is Cc1cccc2sc(N3CCc4nc[nH]c(=O)c4C3)nc12. The molecule has 0 saturated heterocycles. The first-order chi connectivity index (χ1) is 10.2. The molecular weight excluding hydrogens is 284 g/mol. The number of nitrogens with one attached hydrogen (secondary N) is 1. The van der Waals surface area contributed by atoms with Gasteiger partial charge in [0.2, 0.25) is 0 Å². The fraction of sp³-hybridized carbons (Fsp3) is 0.267. The highest BCUT2D eigenvalue weighted by atomic mass is 32.1. The Kier molecular flexibility index (Phi) is 2.78. The van der Waals surface area contributed by atoms with E-state index in [-0.39, 0.29) is 5.56 Å². The van der Waals surface area contributed by atoms with Crippen LogP contribution in [0.25, 0.3) is 10.2 Å². The predicted octanol–water partition coefficient (Wildman–Crippen LogP) is 2.25. The molecule has 0 atom stereocenters. The first-order valence-electron chi connectivity index (χ1n) is 6.89. The average molecular weight is 298 g/mol. The molecule has 21 heavy (non-hydrogen) atoms. The molecule has 106 valence electrons. The summed E-state index contributed by atoms with van der Waals surface area (Å²) in [5.74, 6) is 0. The topological polar surface area (TPSA) is 61.9 Å². The zero-order chi connectivity index (χ0) is 14.4. The number of aromatic amines is 1. The van der Waals surface area contributed by atoms with Crippen LogP contribution in [0.15, 0.2) is 29.3 Å². The molecule has 6 heteroatoms. The van der Waals surface area contributed by atoms with E-state index >= 15 is 0 Å². The lowest BCUT2D eigenvalue weighted by Crippen LogP contribution is -2.35. The first-order valence-corrected chi connectivity index (χ1v) is 7.70. The molecule has 0 bridgehead atoms. The summed E-state index contributed by atoms with van der Waals surface area (Å²) in [6, 6.07) is 6.22. The third-order valence-electron chi connectivity index (χ3n) is 3.89. The van der Waals surface area contributed by atoms with Gasteiger partial charge in [0, 0.05) is 13.0 Å². The van der Waals surface area contributed by atoms with Gasteiger partial charge >= 0.3 is 0 Å². The van der Waals surface area contributed by atoms with Gasteiger partial charge in [-0.3, -0.25) is 4.79 Å². The molecule has 0 amide bonds. The average Bonchev–Trinajstić information content (AvgIpc) is 2.93. The normalized spacial score (nSPS) is 14.4. The second-order valence-electron chi connectivity index (χ2n) is 5.25. The zero-order valence-electron chi connectivity index (χ0n) is 11.6. The minimum Gasteiger partial charge on any atom is -0.343 e. The molecule has 4 rings (SSSR count). The fourth-order valence-electron chi connectivity index (χ4n) is 2.73. The van der Waals surface area contributed by atoms with E-state index in [2.05, 4.69) is 40.0 Å². The molecule has 0 radical (unpaired) electrons. The van der Waals surface area contributed by atoms with Crippen LogP contribution in [0.1, 0.15) is 16.8 Å². The number of nitrogens with zero attached hydrogens (tertiary/aromatic N) is 3. The summed E-state index contributed by atoms with van der Waals surface area (Å²) >= 11 is 1.68. The van der Waals surface area contributed by atoms with Gasteiger partial charge in [0.15, 0.2) is 5.13 Å². The van der Waals surface area contributed by atoms with Crippen molar-refractivity contribution < 1.29 is 0 Å². The molecule has 0 fully saturated rings. The van der Waals surface area contributed by atoms with Crippen LogP contribution in [0.5, 0.6) is 0 Å². The van der Waals surface area contributed by atoms with Crippen LogP contribution in [-0.2, 0) is 13.0 Å². The van der Waals surface area contributed by atoms with Crippen LogP contribution in [0.3, 0.4) is 0 Å². The van der Waals surface area contributed by atoms with Crippen LogP contribution in [0, 0.1) is 6.92 Å². The summed E-state index contributed by atoms with van der Waals surface area (Å²) in [5, 5.41) is 0.980. The smallest absolute Gasteiger partial charge is 0.255 e. The lowest BCUT2D eigenvalue weighted by atomic mass is 10.1. The highest BCUT2D eigenvalue weighted by molar-refractivity contribution is 7.22. The van der Waals surface area contributed by atoms with E-state index in [4.69, 9.17) is 4.98 Å². The number of benzene rings is 1. The van der Waals surface area contributed by atoms with Crippen molar-refractivity contribution in [3.63, 3.8) is 0 Å². The highest BCUT2D eigenvalue weighted by Gasteiger charge is 2.22. The van der Waals surface area contributed by atoms with Crippen molar-refractivity contribution in [3.05, 3.63) is 51.7 Å². The van der Waals surface area contributed by atoms with Crippen molar-refractivity contribution in [2.45, 2.75) is 19.9 Å². The summed E-state index contributed by atoms with van der Waals surface area (Å²) < 4.78 is 1.19. The number of para-hydroxylation sites is 1. The number of anilines is 1. The largest absolute Gasteiger partial charge is 0.343 e. The Morgan fingerprint density at radius 1 is 1.38 bits per heavy atom. The molecule has 1 aromatic carbocycles. The molecular formula is C15H14N4OS. The Morgan fingerprint density at radius 2 is 2.29 bits per heavy atom. The first kappa shape index (κ1) is 12.5. The van der Waals surface area contributed by atoms with Gasteiger partial charge in [-0.15, -0.1) is 0 Å². The molecule has 1 N–H and O–H groups in total. The monoisotopic (exact) mass is 298 g/mol. The third kappa shape index (κ3) is 2.03. The second kappa shape index (κ2) is 4.66. The maximum atomic E-state index is 11.9. The van der Waals surface area contributed by atoms with E-state index in [0.717, 1.165) is 34.9 Å². The number of aryl methyl sites for hydroxylation is 1. The van der Waals surface area contributed by atoms with Crippen LogP contribution in [-0.4, -0.2) is 21.5 Å². The number of aromatic nitrogens is 3. The van der Waals surface area contributed by atoms with Crippen LogP contribution in [0.2, 0.25) is 0 Å². The summed E-state index contributed by atoms with van der Waals surface area (Å²) in [7, 11) is 0. The quantitative estimate of drug-likeness (QED) is 0.748. The number of H-pyrrole nitrogens is 1. The zero-order valence-corrected chi connectivity index (χ0v) is 12.4. The third-order valence-corrected chi connectivity index (χ3v) is 4.97. The minimum absolute atomic E-state index is 0.0398. The highest BCUT2D eigenvalue weighted by Crippen LogP contribution is 2.32. The maximum Gasteiger partial charge on any atom is 0.255 e. The lowest BCUT2D eigenvalue weighted by Gasteiger charge is -2.26. The van der Waals surface area contributed by atoms with E-state index in [1.165, 1.54) is 16.6 Å². The van der Waals surface area contributed by atoms with E-state index in [1.807, 2.05) is 0 Å². The molecule has 2 aromatic heterocycles. The fourth-order valence-corrected chi connectivity index (χ4v) is 3.80. The predicted molar refractivity (Wildman–Crippen MR) is 84.0 cm³/mol. The number of hydrogen-bond donors (Lipinski definition) is 1. The lowest BCUT2D eigenvalue weighted by molar-refractivity contribution is 0.696. The van der Waals surface area contributed by atoms with Gasteiger partial charge in [0.05, 0.1) is 34.3 Å². The van der Waals surface area contributed by atoms with Gasteiger partial charge in [-0.05, 0) is 18.6 Å². The van der Waals surface area contributed by atoms with Gasteiger partial charge in [0.25, 0.3) is 5.56 Å². The van der Waals surface area contributed by atoms with Crippen molar-refractivity contribution in [1.29, 1.82) is 0 Å². The van der Waals surface area contributed by atoms with E-state index in [1.54, 1.807) is 11.3 Å². The molecule has 3 heterocycles. The molecule has 0 unspecified atom stereocenters. The number of thiazole rings is 1. The van der Waals surface area contributed by atoms with E-state index in [9.17, 15) is 4.79 Å². The van der Waals surface area contributed by atoms with Gasteiger partial charge in [-0.25, -0.2) is 9.97 Å². The van der Waals surface area contributed by atoms with E-state index < -0.39 is 0 Å². The van der Waals surface area contributed by atoms with Crippen molar-refractivity contribution in [2.75, 3.05) is 11.4 Å². The Bertz CT molecular complexity index is 883. The van der Waals surface area contributed by atoms with Gasteiger partial charge in [0.1, 0.15) is 0 Å². The van der Waals surface area contributed by atoms with Gasteiger partial charge < -0.3 is 9.88 Å². The number of fused-ring (bicyclic) bond motifs is 2. The summed E-state index contributed by atoms with van der Waals surface area (Å²) in [6.45, 7) is 3.51. The Hall–Kier alpha value is -2.21. The molecule has 1 aliphatic rings. The van der Waals surface area contributed by atoms with E-state index in [0.29, 0.717) is 6.54 Å². The molecule has 0 spiro atoms. The van der Waals surface area contributed by atoms with Crippen molar-refractivity contribution in [3.8, 4) is 0 Å². The second-order valence-corrected chi connectivity index (χ2v) is 6.26. The molecule has 3 aromatic rings. The molecule has 5 nitrogen and oxygen atoms in total. The minimum atomic E-state index is -0.0398. The summed E-state index contributed by atoms with van der Waals surface area (Å²) in [6.07, 6.45) is 2.27. The standard InChI is InChI=1S/C15H14N4OS/c1-9-3-2-4-12-13(9)18-15(21-12)19-6-5-11-10(7-19)14(20)17-8-16-11/h2-4,8H,5-7H2,1H3,(H,16,17,20). The summed E-state index contributed by atoms with van der Waals surface area (Å²) in [5.41, 5.74) is 3.88. The van der Waals surface area contributed by atoms with Gasteiger partial charge in [-0.1, -0.05) is 23.5 Å². The molecule has 0 saturated carbocycles. The number of rotatable bonds is 1. The van der Waals surface area contributed by atoms with Crippen molar-refractivity contribution in [1.82, 2.24) is 15.0 Å².